The molecule has 21 heavy (non-hydrogen) atoms. The summed E-state index contributed by atoms with van der Waals surface area (Å²) in [5.41, 5.74) is 7.02. The van der Waals surface area contributed by atoms with Gasteiger partial charge in [0, 0.05) is 11.3 Å². The Kier molecular flexibility index (Phi) is 4.52. The summed E-state index contributed by atoms with van der Waals surface area (Å²) >= 11 is 0. The number of nitrogens with two attached hydrogens (primary N) is 1. The van der Waals surface area contributed by atoms with Gasteiger partial charge in [-0.1, -0.05) is 24.3 Å². The van der Waals surface area contributed by atoms with Crippen LogP contribution in [0.5, 0.6) is 0 Å². The van der Waals surface area contributed by atoms with E-state index in [1.165, 1.54) is 12.1 Å². The smallest absolute Gasteiger partial charge is 0.310 e. The molecule has 2 rings (SSSR count). The normalized spacial score (nSPS) is 9.90. The molecule has 0 saturated carbocycles. The molecule has 0 aliphatic carbocycles. The number of nitrogen functional groups attached to an aromatic ring is 1. The maximum absolute atomic E-state index is 13.8. The highest BCUT2D eigenvalue weighted by Crippen LogP contribution is 2.14. The lowest BCUT2D eigenvalue weighted by Gasteiger charge is -2.07. The maximum atomic E-state index is 13.8. The third-order valence-electron chi connectivity index (χ3n) is 2.89. The van der Waals surface area contributed by atoms with Gasteiger partial charge in [0.15, 0.2) is 0 Å². The Morgan fingerprint density at radius 1 is 1.29 bits per heavy atom. The van der Waals surface area contributed by atoms with E-state index in [0.717, 1.165) is 5.56 Å². The topological polar surface area (TPSA) is 76.1 Å². The van der Waals surface area contributed by atoms with Gasteiger partial charge in [-0.15, -0.1) is 0 Å². The Morgan fingerprint density at radius 3 is 2.76 bits per heavy atom. The molecule has 106 valence electrons. The quantitative estimate of drug-likeness (QED) is 0.691. The standard InChI is InChI=1S/C16H13FN2O2/c17-16-12(9-18)4-2-5-13(16)10-21-15(20)8-11-3-1-6-14(19)7-11/h1-7H,8,10,19H2. The number of hydrogen-bond acceptors (Lipinski definition) is 4. The van der Waals surface area contributed by atoms with E-state index in [0.29, 0.717) is 5.69 Å². The fourth-order valence-electron chi connectivity index (χ4n) is 1.86. The Bertz CT molecular complexity index is 708. The molecule has 2 aromatic carbocycles. The van der Waals surface area contributed by atoms with Crippen molar-refractivity contribution in [2.45, 2.75) is 13.0 Å². The third kappa shape index (κ3) is 3.80. The van der Waals surface area contributed by atoms with Crippen molar-refractivity contribution in [3.8, 4) is 6.07 Å². The molecule has 0 fully saturated rings. The fourth-order valence-corrected chi connectivity index (χ4v) is 1.86. The lowest BCUT2D eigenvalue weighted by molar-refractivity contribution is -0.144. The predicted molar refractivity (Wildman–Crippen MR) is 75.5 cm³/mol. The second-order valence-corrected chi connectivity index (χ2v) is 4.47. The van der Waals surface area contributed by atoms with E-state index in [4.69, 9.17) is 15.7 Å². The second-order valence-electron chi connectivity index (χ2n) is 4.47. The highest BCUT2D eigenvalue weighted by molar-refractivity contribution is 5.73. The van der Waals surface area contributed by atoms with Gasteiger partial charge < -0.3 is 10.5 Å². The molecule has 0 atom stereocenters. The van der Waals surface area contributed by atoms with Crippen LogP contribution in [0, 0.1) is 17.1 Å². The molecule has 0 aliphatic heterocycles. The Hall–Kier alpha value is -2.87. The van der Waals surface area contributed by atoms with Crippen LogP contribution in [0.3, 0.4) is 0 Å². The van der Waals surface area contributed by atoms with Crippen LogP contribution in [0.25, 0.3) is 0 Å². The molecular formula is C16H13FN2O2. The Morgan fingerprint density at radius 2 is 2.05 bits per heavy atom. The van der Waals surface area contributed by atoms with Crippen molar-refractivity contribution in [3.05, 3.63) is 65.0 Å². The van der Waals surface area contributed by atoms with Crippen LogP contribution < -0.4 is 5.73 Å². The molecule has 4 nitrogen and oxygen atoms in total. The molecule has 0 aliphatic rings. The van der Waals surface area contributed by atoms with Crippen LogP contribution in [0.2, 0.25) is 0 Å². The van der Waals surface area contributed by atoms with Gasteiger partial charge in [0.2, 0.25) is 0 Å². The van der Waals surface area contributed by atoms with Gasteiger partial charge in [0.05, 0.1) is 12.0 Å². The average Bonchev–Trinajstić information content (AvgIpc) is 2.46. The van der Waals surface area contributed by atoms with Crippen molar-refractivity contribution < 1.29 is 13.9 Å². The first kappa shape index (κ1) is 14.5. The number of esters is 1. The third-order valence-corrected chi connectivity index (χ3v) is 2.89. The lowest BCUT2D eigenvalue weighted by Crippen LogP contribution is -2.09. The molecular weight excluding hydrogens is 271 g/mol. The van der Waals surface area contributed by atoms with Crippen LogP contribution in [0.1, 0.15) is 16.7 Å². The van der Waals surface area contributed by atoms with E-state index in [1.54, 1.807) is 36.4 Å². The summed E-state index contributed by atoms with van der Waals surface area (Å²) in [5.74, 6) is -1.14. The monoisotopic (exact) mass is 284 g/mol. The zero-order chi connectivity index (χ0) is 15.2. The minimum atomic E-state index is -0.656. The summed E-state index contributed by atoms with van der Waals surface area (Å²) in [7, 11) is 0. The highest BCUT2D eigenvalue weighted by Gasteiger charge is 2.10. The van der Waals surface area contributed by atoms with E-state index >= 15 is 0 Å². The summed E-state index contributed by atoms with van der Waals surface area (Å²) in [5, 5.41) is 8.73. The van der Waals surface area contributed by atoms with E-state index in [9.17, 15) is 9.18 Å². The molecule has 0 amide bonds. The molecule has 0 saturated heterocycles. The summed E-state index contributed by atoms with van der Waals surface area (Å²) < 4.78 is 18.8. The van der Waals surface area contributed by atoms with E-state index in [2.05, 4.69) is 0 Å². The lowest BCUT2D eigenvalue weighted by atomic mass is 10.1. The number of nitriles is 1. The predicted octanol–water partition coefficient (Wildman–Crippen LogP) is 2.57. The zero-order valence-corrected chi connectivity index (χ0v) is 11.2. The van der Waals surface area contributed by atoms with Crippen molar-refractivity contribution in [1.82, 2.24) is 0 Å². The minimum absolute atomic E-state index is 0.0601. The zero-order valence-electron chi connectivity index (χ0n) is 11.2. The molecule has 0 aromatic heterocycles. The molecule has 5 heteroatoms. The average molecular weight is 284 g/mol. The number of rotatable bonds is 4. The van der Waals surface area contributed by atoms with Gasteiger partial charge in [-0.25, -0.2) is 4.39 Å². The first-order valence-corrected chi connectivity index (χ1v) is 6.27. The summed E-state index contributed by atoms with van der Waals surface area (Å²) in [6, 6.07) is 13.0. The van der Waals surface area contributed by atoms with Crippen LogP contribution in [0.15, 0.2) is 42.5 Å². The van der Waals surface area contributed by atoms with E-state index < -0.39 is 11.8 Å². The van der Waals surface area contributed by atoms with Crippen LogP contribution >= 0.6 is 0 Å². The van der Waals surface area contributed by atoms with Crippen molar-refractivity contribution in [3.63, 3.8) is 0 Å². The van der Waals surface area contributed by atoms with Gasteiger partial charge in [-0.3, -0.25) is 4.79 Å². The number of anilines is 1. The number of hydrogen-bond donors (Lipinski definition) is 1. The molecule has 2 aromatic rings. The molecule has 0 heterocycles. The van der Waals surface area contributed by atoms with Crippen molar-refractivity contribution in [1.29, 1.82) is 5.26 Å². The number of carbonyl (C=O) groups is 1. The summed E-state index contributed by atoms with van der Waals surface area (Å²) in [4.78, 5) is 11.7. The van der Waals surface area contributed by atoms with Crippen molar-refractivity contribution in [2.75, 3.05) is 5.73 Å². The first-order valence-electron chi connectivity index (χ1n) is 6.27. The summed E-state index contributed by atoms with van der Waals surface area (Å²) in [6.07, 6.45) is 0.0601. The van der Waals surface area contributed by atoms with Gasteiger partial charge in [0.1, 0.15) is 18.5 Å². The number of halogens is 1. The second kappa shape index (κ2) is 6.53. The molecule has 0 spiro atoms. The number of ether oxygens (including phenoxy) is 1. The molecule has 0 bridgehead atoms. The molecule has 0 unspecified atom stereocenters. The van der Waals surface area contributed by atoms with E-state index in [-0.39, 0.29) is 24.2 Å². The van der Waals surface area contributed by atoms with Gasteiger partial charge in [-0.2, -0.15) is 5.26 Å². The minimum Gasteiger partial charge on any atom is -0.460 e. The first-order chi connectivity index (χ1) is 10.1. The van der Waals surface area contributed by atoms with Gasteiger partial charge in [-0.05, 0) is 23.8 Å². The largest absolute Gasteiger partial charge is 0.460 e. The highest BCUT2D eigenvalue weighted by atomic mass is 19.1. The molecule has 2 N–H and O–H groups in total. The number of nitrogens with zero attached hydrogens (tertiary/aromatic N) is 1. The van der Waals surface area contributed by atoms with Crippen LogP contribution in [-0.2, 0) is 22.6 Å². The number of carbonyl (C=O) groups excluding carboxylic acids is 1. The number of benzene rings is 2. The van der Waals surface area contributed by atoms with Crippen LogP contribution in [0.4, 0.5) is 10.1 Å². The van der Waals surface area contributed by atoms with Gasteiger partial charge in [0.25, 0.3) is 0 Å². The maximum Gasteiger partial charge on any atom is 0.310 e. The fraction of sp³-hybridized carbons (Fsp3) is 0.125. The Labute approximate surface area is 121 Å². The van der Waals surface area contributed by atoms with E-state index in [1.807, 2.05) is 0 Å². The van der Waals surface area contributed by atoms with Gasteiger partial charge >= 0.3 is 5.97 Å². The van der Waals surface area contributed by atoms with Crippen LogP contribution in [-0.4, -0.2) is 5.97 Å². The SMILES string of the molecule is N#Cc1cccc(COC(=O)Cc2cccc(N)c2)c1F. The molecule has 0 radical (unpaired) electrons. The van der Waals surface area contributed by atoms with Crippen molar-refractivity contribution in [2.24, 2.45) is 0 Å². The summed E-state index contributed by atoms with van der Waals surface area (Å²) in [6.45, 7) is -0.206. The Balaban J connectivity index is 1.97. The van der Waals surface area contributed by atoms with Crippen molar-refractivity contribution >= 4 is 11.7 Å².